The number of rotatable bonds is 4. The molecular weight excluding hydrogens is 420 g/mol. The van der Waals surface area contributed by atoms with Crippen LogP contribution >= 0.6 is 11.3 Å². The summed E-state index contributed by atoms with van der Waals surface area (Å²) >= 11 is 1.51. The molecule has 1 aromatic carbocycles. The Bertz CT molecular complexity index is 1290. The lowest BCUT2D eigenvalue weighted by molar-refractivity contribution is 0.0779. The van der Waals surface area contributed by atoms with Crippen LogP contribution in [0, 0.1) is 13.8 Å². The molecule has 0 spiro atoms. The number of para-hydroxylation sites is 1. The quantitative estimate of drug-likeness (QED) is 0.510. The van der Waals surface area contributed by atoms with Gasteiger partial charge in [0.2, 0.25) is 0 Å². The van der Waals surface area contributed by atoms with Crippen molar-refractivity contribution < 1.29 is 4.79 Å². The molecule has 4 aromatic rings. The molecule has 0 radical (unpaired) electrons. The maximum absolute atomic E-state index is 13.6. The van der Waals surface area contributed by atoms with Crippen molar-refractivity contribution >= 4 is 28.1 Å². The van der Waals surface area contributed by atoms with E-state index >= 15 is 0 Å². The summed E-state index contributed by atoms with van der Waals surface area (Å²) in [4.78, 5) is 27.8. The minimum Gasteiger partial charge on any atom is -0.336 e. The average Bonchev–Trinajstić information content (AvgIpc) is 3.52. The summed E-state index contributed by atoms with van der Waals surface area (Å²) in [6, 6.07) is 10.5. The Morgan fingerprint density at radius 3 is 2.78 bits per heavy atom. The molecule has 1 amide bonds. The van der Waals surface area contributed by atoms with Gasteiger partial charge in [0.05, 0.1) is 10.4 Å². The number of benzene rings is 1. The maximum Gasteiger partial charge on any atom is 0.274 e. The zero-order valence-corrected chi connectivity index (χ0v) is 19.5. The fourth-order valence-corrected chi connectivity index (χ4v) is 5.27. The first-order valence-electron chi connectivity index (χ1n) is 10.8. The van der Waals surface area contributed by atoms with Crippen LogP contribution in [-0.2, 0) is 0 Å². The normalized spacial score (nSPS) is 16.4. The molecule has 0 bridgehead atoms. The summed E-state index contributed by atoms with van der Waals surface area (Å²) in [6.45, 7) is 5.46. The van der Waals surface area contributed by atoms with Crippen LogP contribution < -0.4 is 0 Å². The van der Waals surface area contributed by atoms with Crippen molar-refractivity contribution in [3.8, 4) is 21.1 Å². The van der Waals surface area contributed by atoms with Gasteiger partial charge in [-0.05, 0) is 46.0 Å². The molecule has 0 unspecified atom stereocenters. The predicted molar refractivity (Wildman–Crippen MR) is 128 cm³/mol. The molecule has 3 aromatic heterocycles. The lowest BCUT2D eigenvalue weighted by Crippen LogP contribution is -2.34. The van der Waals surface area contributed by atoms with Gasteiger partial charge in [0.1, 0.15) is 16.4 Å². The van der Waals surface area contributed by atoms with Crippen LogP contribution in [0.3, 0.4) is 0 Å². The van der Waals surface area contributed by atoms with Crippen molar-refractivity contribution in [2.24, 2.45) is 0 Å². The summed E-state index contributed by atoms with van der Waals surface area (Å²) < 4.78 is 0. The molecule has 0 aliphatic carbocycles. The number of thiazole rings is 1. The number of fused-ring (bicyclic) bond motifs is 1. The third-order valence-electron chi connectivity index (χ3n) is 6.18. The number of nitrogens with one attached hydrogen (secondary N) is 1. The van der Waals surface area contributed by atoms with Gasteiger partial charge < -0.3 is 9.80 Å². The molecular formula is C24H26N6OS. The zero-order chi connectivity index (χ0) is 22.4. The Morgan fingerprint density at radius 1 is 1.22 bits per heavy atom. The number of hydrogen-bond donors (Lipinski definition) is 1. The van der Waals surface area contributed by atoms with Crippen molar-refractivity contribution in [1.82, 2.24) is 30.0 Å². The van der Waals surface area contributed by atoms with Gasteiger partial charge >= 0.3 is 0 Å². The molecule has 0 saturated carbocycles. The Hall–Kier alpha value is -3.10. The summed E-state index contributed by atoms with van der Waals surface area (Å²) in [5.41, 5.74) is 5.22. The minimum atomic E-state index is -0.0209. The van der Waals surface area contributed by atoms with Crippen LogP contribution in [0.15, 0.2) is 36.5 Å². The number of likely N-dealkylation sites (tertiary alicyclic amines) is 1. The van der Waals surface area contributed by atoms with Gasteiger partial charge in [-0.15, -0.1) is 11.3 Å². The highest BCUT2D eigenvalue weighted by molar-refractivity contribution is 7.18. The molecule has 1 atom stereocenters. The average molecular weight is 447 g/mol. The largest absolute Gasteiger partial charge is 0.336 e. The van der Waals surface area contributed by atoms with Crippen molar-refractivity contribution in [3.05, 3.63) is 53.5 Å². The fourth-order valence-electron chi connectivity index (χ4n) is 4.21. The van der Waals surface area contributed by atoms with Crippen LogP contribution in [0.2, 0.25) is 0 Å². The molecule has 1 N–H and O–H groups in total. The van der Waals surface area contributed by atoms with Crippen LogP contribution in [0.4, 0.5) is 0 Å². The van der Waals surface area contributed by atoms with E-state index in [-0.39, 0.29) is 5.91 Å². The molecule has 4 heterocycles. The van der Waals surface area contributed by atoms with Gasteiger partial charge in [-0.3, -0.25) is 14.9 Å². The molecule has 7 nitrogen and oxygen atoms in total. The van der Waals surface area contributed by atoms with Crippen molar-refractivity contribution in [1.29, 1.82) is 0 Å². The summed E-state index contributed by atoms with van der Waals surface area (Å²) in [7, 11) is 4.13. The van der Waals surface area contributed by atoms with E-state index in [1.54, 1.807) is 0 Å². The van der Waals surface area contributed by atoms with Gasteiger partial charge in [0.25, 0.3) is 5.91 Å². The molecule has 5 rings (SSSR count). The molecule has 1 aliphatic rings. The second-order valence-corrected chi connectivity index (χ2v) is 9.61. The number of carbonyl (C=O) groups excluding carboxylic acids is 1. The molecule has 1 fully saturated rings. The van der Waals surface area contributed by atoms with Gasteiger partial charge in [0.15, 0.2) is 0 Å². The van der Waals surface area contributed by atoms with Crippen LogP contribution in [-0.4, -0.2) is 69.1 Å². The monoisotopic (exact) mass is 446 g/mol. The predicted octanol–water partition coefficient (Wildman–Crippen LogP) is 4.14. The van der Waals surface area contributed by atoms with E-state index in [1.807, 2.05) is 55.3 Å². The van der Waals surface area contributed by atoms with E-state index in [9.17, 15) is 4.79 Å². The van der Waals surface area contributed by atoms with Crippen LogP contribution in [0.1, 0.15) is 28.2 Å². The Morgan fingerprint density at radius 2 is 2.06 bits per heavy atom. The third kappa shape index (κ3) is 3.59. The lowest BCUT2D eigenvalue weighted by Gasteiger charge is -2.20. The first-order chi connectivity index (χ1) is 15.4. The number of nitrogens with zero attached hydrogens (tertiary/aromatic N) is 5. The topological polar surface area (TPSA) is 78.0 Å². The van der Waals surface area contributed by atoms with Crippen LogP contribution in [0.25, 0.3) is 32.0 Å². The zero-order valence-electron chi connectivity index (χ0n) is 18.7. The highest BCUT2D eigenvalue weighted by atomic mass is 32.1. The van der Waals surface area contributed by atoms with Gasteiger partial charge in [0, 0.05) is 42.0 Å². The van der Waals surface area contributed by atoms with E-state index in [1.165, 1.54) is 11.3 Å². The SMILES string of the molecule is Cc1ccc(-c2sc(-c3[nH]nc4c(C)cccc34)nc2C(=O)N2CC[C@H](N(C)C)C2)cn1. The molecule has 32 heavy (non-hydrogen) atoms. The lowest BCUT2D eigenvalue weighted by atomic mass is 10.1. The highest BCUT2D eigenvalue weighted by Gasteiger charge is 2.32. The van der Waals surface area contributed by atoms with Crippen LogP contribution in [0.5, 0.6) is 0 Å². The van der Waals surface area contributed by atoms with Gasteiger partial charge in [-0.25, -0.2) is 4.98 Å². The second kappa shape index (κ2) is 8.11. The molecule has 1 saturated heterocycles. The summed E-state index contributed by atoms with van der Waals surface area (Å²) in [5, 5.41) is 9.43. The number of amides is 1. The van der Waals surface area contributed by atoms with Crippen molar-refractivity contribution in [2.75, 3.05) is 27.2 Å². The molecule has 1 aliphatic heterocycles. The number of aromatic amines is 1. The van der Waals surface area contributed by atoms with E-state index < -0.39 is 0 Å². The number of carbonyl (C=O) groups is 1. The summed E-state index contributed by atoms with van der Waals surface area (Å²) in [6.07, 6.45) is 2.80. The smallest absolute Gasteiger partial charge is 0.274 e. The molecule has 164 valence electrons. The van der Waals surface area contributed by atoms with E-state index in [2.05, 4.69) is 34.2 Å². The number of pyridine rings is 1. The van der Waals surface area contributed by atoms with E-state index in [4.69, 9.17) is 4.98 Å². The molecule has 8 heteroatoms. The number of aromatic nitrogens is 4. The first kappa shape index (κ1) is 20.8. The Kier molecular flexibility index (Phi) is 5.27. The number of likely N-dealkylation sites (N-methyl/N-ethyl adjacent to an activating group) is 1. The summed E-state index contributed by atoms with van der Waals surface area (Å²) in [5.74, 6) is -0.0209. The van der Waals surface area contributed by atoms with E-state index in [0.717, 1.165) is 62.8 Å². The van der Waals surface area contributed by atoms with Gasteiger partial charge in [-0.1, -0.05) is 24.3 Å². The Balaban J connectivity index is 1.60. The standard InChI is InChI=1S/C24H26N6OS/c1-14-6-5-7-18-19(14)27-28-20(18)23-26-21(22(32-23)16-9-8-15(2)25-12-16)24(31)30-11-10-17(13-30)29(3)4/h5-9,12,17H,10-11,13H2,1-4H3,(H,27,28)/t17-/m0/s1. The van der Waals surface area contributed by atoms with Gasteiger partial charge in [-0.2, -0.15) is 5.10 Å². The third-order valence-corrected chi connectivity index (χ3v) is 7.31. The van der Waals surface area contributed by atoms with Crippen molar-refractivity contribution in [3.63, 3.8) is 0 Å². The number of hydrogen-bond acceptors (Lipinski definition) is 6. The highest BCUT2D eigenvalue weighted by Crippen LogP contribution is 2.38. The second-order valence-electron chi connectivity index (χ2n) is 8.61. The number of H-pyrrole nitrogens is 1. The fraction of sp³-hybridized carbons (Fsp3) is 0.333. The van der Waals surface area contributed by atoms with Crippen molar-refractivity contribution in [2.45, 2.75) is 26.3 Å². The van der Waals surface area contributed by atoms with E-state index in [0.29, 0.717) is 11.7 Å². The number of aryl methyl sites for hydroxylation is 2. The Labute approximate surface area is 191 Å². The maximum atomic E-state index is 13.6. The minimum absolute atomic E-state index is 0.0209. The first-order valence-corrected chi connectivity index (χ1v) is 11.6.